The Kier molecular flexibility index (Phi) is 7.77. The van der Waals surface area contributed by atoms with Gasteiger partial charge in [-0.1, -0.05) is 30.3 Å². The molecule has 0 bridgehead atoms. The second-order valence-electron chi connectivity index (χ2n) is 7.69. The lowest BCUT2D eigenvalue weighted by molar-refractivity contribution is 0.186. The van der Waals surface area contributed by atoms with E-state index < -0.39 is 0 Å². The quantitative estimate of drug-likeness (QED) is 0.703. The molecule has 0 spiro atoms. The number of nitrogens with zero attached hydrogens (tertiary/aromatic N) is 2. The normalized spacial score (nSPS) is 19.5. The molecule has 26 heavy (non-hydrogen) atoms. The van der Waals surface area contributed by atoms with Gasteiger partial charge in [-0.05, 0) is 63.7 Å². The van der Waals surface area contributed by atoms with E-state index in [0.717, 1.165) is 45.4 Å². The van der Waals surface area contributed by atoms with Gasteiger partial charge >= 0.3 is 6.03 Å². The Hall–Kier alpha value is -1.59. The summed E-state index contributed by atoms with van der Waals surface area (Å²) in [6, 6.07) is 10.9. The minimum absolute atomic E-state index is 0.00711. The Balaban J connectivity index is 1.23. The van der Waals surface area contributed by atoms with Crippen LogP contribution in [0.1, 0.15) is 44.1 Å². The number of piperidine rings is 1. The van der Waals surface area contributed by atoms with Crippen molar-refractivity contribution in [1.29, 1.82) is 0 Å². The van der Waals surface area contributed by atoms with E-state index in [1.807, 2.05) is 0 Å². The minimum atomic E-state index is 0.00711. The van der Waals surface area contributed by atoms with E-state index in [1.165, 1.54) is 44.5 Å². The van der Waals surface area contributed by atoms with E-state index in [-0.39, 0.29) is 6.03 Å². The first-order valence-electron chi connectivity index (χ1n) is 10.3. The van der Waals surface area contributed by atoms with Crippen molar-refractivity contribution in [2.45, 2.75) is 51.1 Å². The number of urea groups is 1. The summed E-state index contributed by atoms with van der Waals surface area (Å²) in [5, 5.41) is 6.17. The first-order valence-corrected chi connectivity index (χ1v) is 10.3. The second-order valence-corrected chi connectivity index (χ2v) is 7.69. The Labute approximate surface area is 158 Å². The number of nitrogens with one attached hydrogen (secondary N) is 2. The molecule has 0 unspecified atom stereocenters. The predicted molar refractivity (Wildman–Crippen MR) is 106 cm³/mol. The molecule has 0 radical (unpaired) electrons. The molecule has 2 saturated heterocycles. The van der Waals surface area contributed by atoms with Crippen molar-refractivity contribution in [1.82, 2.24) is 20.4 Å². The highest BCUT2D eigenvalue weighted by atomic mass is 16.2. The molecule has 5 nitrogen and oxygen atoms in total. The lowest BCUT2D eigenvalue weighted by atomic mass is 10.0. The van der Waals surface area contributed by atoms with Crippen molar-refractivity contribution in [2.24, 2.45) is 0 Å². The van der Waals surface area contributed by atoms with Gasteiger partial charge in [0.15, 0.2) is 0 Å². The highest BCUT2D eigenvalue weighted by molar-refractivity contribution is 5.74. The summed E-state index contributed by atoms with van der Waals surface area (Å²) in [7, 11) is 0. The van der Waals surface area contributed by atoms with Crippen molar-refractivity contribution >= 4 is 6.03 Å². The Morgan fingerprint density at radius 3 is 2.42 bits per heavy atom. The van der Waals surface area contributed by atoms with E-state index in [9.17, 15) is 4.79 Å². The highest BCUT2D eigenvalue weighted by Gasteiger charge is 2.20. The Morgan fingerprint density at radius 2 is 1.69 bits per heavy atom. The van der Waals surface area contributed by atoms with Gasteiger partial charge in [0.1, 0.15) is 0 Å². The molecule has 0 aliphatic carbocycles. The molecule has 1 aromatic carbocycles. The Bertz CT molecular complexity index is 522. The third kappa shape index (κ3) is 6.61. The molecule has 144 valence electrons. The first kappa shape index (κ1) is 19.2. The number of carbonyl (C=O) groups excluding carboxylic acids is 1. The Morgan fingerprint density at radius 1 is 0.962 bits per heavy atom. The van der Waals surface area contributed by atoms with Gasteiger partial charge in [-0.15, -0.1) is 0 Å². The molecule has 0 aromatic heterocycles. The number of likely N-dealkylation sites (tertiary alicyclic amines) is 2. The smallest absolute Gasteiger partial charge is 0.315 e. The molecule has 2 aliphatic heterocycles. The van der Waals surface area contributed by atoms with Crippen LogP contribution in [0, 0.1) is 0 Å². The number of carbonyl (C=O) groups is 1. The summed E-state index contributed by atoms with van der Waals surface area (Å²) in [6.45, 7) is 7.60. The SMILES string of the molecule is O=C(NCCCCN1CCCC1)NC1CCN(Cc2ccccc2)CC1. The molecule has 3 rings (SSSR count). The van der Waals surface area contributed by atoms with Gasteiger partial charge in [-0.25, -0.2) is 4.79 Å². The van der Waals surface area contributed by atoms with Gasteiger partial charge in [0.2, 0.25) is 0 Å². The van der Waals surface area contributed by atoms with Crippen LogP contribution in [-0.2, 0) is 6.54 Å². The van der Waals surface area contributed by atoms with Crippen LogP contribution in [0.3, 0.4) is 0 Å². The average Bonchev–Trinajstić information content (AvgIpc) is 3.17. The average molecular weight is 359 g/mol. The fourth-order valence-electron chi connectivity index (χ4n) is 3.98. The van der Waals surface area contributed by atoms with Crippen LogP contribution in [0.15, 0.2) is 30.3 Å². The second kappa shape index (κ2) is 10.5. The summed E-state index contributed by atoms with van der Waals surface area (Å²) in [5.74, 6) is 0. The van der Waals surface area contributed by atoms with Gasteiger partial charge in [0.05, 0.1) is 0 Å². The third-order valence-corrected chi connectivity index (χ3v) is 5.56. The van der Waals surface area contributed by atoms with E-state index >= 15 is 0 Å². The number of unbranched alkanes of at least 4 members (excludes halogenated alkanes) is 1. The molecule has 2 heterocycles. The maximum atomic E-state index is 12.1. The molecular formula is C21H34N4O. The summed E-state index contributed by atoms with van der Waals surface area (Å²) in [5.41, 5.74) is 1.37. The molecule has 2 N–H and O–H groups in total. The van der Waals surface area contributed by atoms with Crippen molar-refractivity contribution in [3.05, 3.63) is 35.9 Å². The number of hydrogen-bond acceptors (Lipinski definition) is 3. The zero-order chi connectivity index (χ0) is 18.0. The maximum absolute atomic E-state index is 12.1. The van der Waals surface area contributed by atoms with Crippen molar-refractivity contribution in [2.75, 3.05) is 39.3 Å². The van der Waals surface area contributed by atoms with Gasteiger partial charge in [0.25, 0.3) is 0 Å². The van der Waals surface area contributed by atoms with E-state index in [0.29, 0.717) is 6.04 Å². The van der Waals surface area contributed by atoms with Crippen LogP contribution in [0.25, 0.3) is 0 Å². The zero-order valence-corrected chi connectivity index (χ0v) is 16.0. The van der Waals surface area contributed by atoms with Crippen LogP contribution in [-0.4, -0.2) is 61.1 Å². The highest BCUT2D eigenvalue weighted by Crippen LogP contribution is 2.13. The van der Waals surface area contributed by atoms with Crippen LogP contribution in [0.2, 0.25) is 0 Å². The number of rotatable bonds is 8. The van der Waals surface area contributed by atoms with Crippen LogP contribution >= 0.6 is 0 Å². The molecule has 2 amide bonds. The van der Waals surface area contributed by atoms with E-state index in [2.05, 4.69) is 50.8 Å². The fraction of sp³-hybridized carbons (Fsp3) is 0.667. The summed E-state index contributed by atoms with van der Waals surface area (Å²) in [4.78, 5) is 17.1. The van der Waals surface area contributed by atoms with Gasteiger partial charge in [-0.3, -0.25) is 4.90 Å². The van der Waals surface area contributed by atoms with Gasteiger partial charge in [-0.2, -0.15) is 0 Å². The summed E-state index contributed by atoms with van der Waals surface area (Å²) < 4.78 is 0. The van der Waals surface area contributed by atoms with Crippen molar-refractivity contribution in [3.63, 3.8) is 0 Å². The van der Waals surface area contributed by atoms with Crippen LogP contribution in [0.4, 0.5) is 4.79 Å². The molecule has 0 saturated carbocycles. The zero-order valence-electron chi connectivity index (χ0n) is 16.0. The number of hydrogen-bond donors (Lipinski definition) is 2. The molecule has 2 aliphatic rings. The van der Waals surface area contributed by atoms with E-state index in [1.54, 1.807) is 0 Å². The van der Waals surface area contributed by atoms with Gasteiger partial charge in [0, 0.05) is 32.2 Å². The molecule has 2 fully saturated rings. The lowest BCUT2D eigenvalue weighted by Gasteiger charge is -2.32. The maximum Gasteiger partial charge on any atom is 0.315 e. The largest absolute Gasteiger partial charge is 0.338 e. The molecule has 0 atom stereocenters. The van der Waals surface area contributed by atoms with Crippen molar-refractivity contribution < 1.29 is 4.79 Å². The number of amides is 2. The molecule has 1 aromatic rings. The predicted octanol–water partition coefficient (Wildman–Crippen LogP) is 2.83. The summed E-state index contributed by atoms with van der Waals surface area (Å²) in [6.07, 6.45) is 7.03. The van der Waals surface area contributed by atoms with Gasteiger partial charge < -0.3 is 15.5 Å². The standard InChI is InChI=1S/C21H34N4O/c26-21(22-12-4-5-13-24-14-6-7-15-24)23-20-10-16-25(17-11-20)18-19-8-2-1-3-9-19/h1-3,8-9,20H,4-7,10-18H2,(H2,22,23,26). The number of benzene rings is 1. The van der Waals surface area contributed by atoms with Crippen molar-refractivity contribution in [3.8, 4) is 0 Å². The topological polar surface area (TPSA) is 47.6 Å². The fourth-order valence-corrected chi connectivity index (χ4v) is 3.98. The summed E-state index contributed by atoms with van der Waals surface area (Å²) >= 11 is 0. The third-order valence-electron chi connectivity index (χ3n) is 5.56. The molecule has 5 heteroatoms. The van der Waals surface area contributed by atoms with Crippen LogP contribution < -0.4 is 10.6 Å². The monoisotopic (exact) mass is 358 g/mol. The first-order chi connectivity index (χ1) is 12.8. The molecular weight excluding hydrogens is 324 g/mol. The van der Waals surface area contributed by atoms with Crippen LogP contribution in [0.5, 0.6) is 0 Å². The minimum Gasteiger partial charge on any atom is -0.338 e. The van der Waals surface area contributed by atoms with E-state index in [4.69, 9.17) is 0 Å². The lowest BCUT2D eigenvalue weighted by Crippen LogP contribution is -2.47.